The van der Waals surface area contributed by atoms with E-state index in [2.05, 4.69) is 15.3 Å². The molecule has 1 aliphatic heterocycles. The zero-order valence-corrected chi connectivity index (χ0v) is 21.8. The molecule has 0 aliphatic carbocycles. The zero-order valence-electron chi connectivity index (χ0n) is 21.0. The number of fused-ring (bicyclic) bond motifs is 1. The van der Waals surface area contributed by atoms with E-state index in [0.717, 1.165) is 12.5 Å². The number of alkyl halides is 4. The number of aliphatic hydroxyl groups is 1. The number of amides is 1. The number of likely N-dealkylation sites (tertiary alicyclic amines) is 1. The number of carbonyl (C=O) groups excluding carboxylic acids is 1. The smallest absolute Gasteiger partial charge is 0.420 e. The summed E-state index contributed by atoms with van der Waals surface area (Å²) in [6, 6.07) is 10.5. The molecule has 0 saturated carbocycles. The number of nitrogen functional groups attached to an aromatic ring is 1. The van der Waals surface area contributed by atoms with Crippen LogP contribution in [0.5, 0.6) is 0 Å². The Morgan fingerprint density at radius 1 is 1.23 bits per heavy atom. The molecule has 0 spiro atoms. The molecular formula is C28H25ClF3N5O3. The van der Waals surface area contributed by atoms with Crippen molar-refractivity contribution >= 4 is 40.4 Å². The van der Waals surface area contributed by atoms with Crippen molar-refractivity contribution in [3.63, 3.8) is 0 Å². The van der Waals surface area contributed by atoms with Crippen LogP contribution in [0, 0.1) is 0 Å². The Balaban J connectivity index is 1.34. The third-order valence-corrected chi connectivity index (χ3v) is 6.89. The van der Waals surface area contributed by atoms with Crippen LogP contribution in [0.3, 0.4) is 0 Å². The molecule has 1 fully saturated rings. The molecule has 208 valence electrons. The number of rotatable bonds is 7. The predicted octanol–water partition coefficient (Wildman–Crippen LogP) is 5.12. The molecule has 4 heterocycles. The van der Waals surface area contributed by atoms with Crippen molar-refractivity contribution < 1.29 is 27.5 Å². The molecule has 12 heteroatoms. The van der Waals surface area contributed by atoms with Gasteiger partial charge in [0.1, 0.15) is 23.4 Å². The van der Waals surface area contributed by atoms with E-state index in [1.807, 2.05) is 4.90 Å². The third-order valence-electron chi connectivity index (χ3n) is 6.53. The minimum Gasteiger partial charge on any atom is -0.459 e. The Kier molecular flexibility index (Phi) is 7.79. The number of nitrogens with one attached hydrogen (secondary N) is 1. The maximum atomic E-state index is 14.0. The molecule has 8 nitrogen and oxygen atoms in total. The SMILES string of the molecule is Nc1ccc(C=CC(=O)NCc2cc3cc(-c4ccc(C(O)N5CCC(Cl)C5)cn4)cc(C(F)(F)F)c3o2)cn1. The Labute approximate surface area is 232 Å². The van der Waals surface area contributed by atoms with Gasteiger partial charge in [0.15, 0.2) is 0 Å². The van der Waals surface area contributed by atoms with Gasteiger partial charge in [-0.1, -0.05) is 6.07 Å². The van der Waals surface area contributed by atoms with Crippen LogP contribution in [-0.4, -0.2) is 44.3 Å². The summed E-state index contributed by atoms with van der Waals surface area (Å²) in [5.41, 5.74) is 5.97. The van der Waals surface area contributed by atoms with Crippen LogP contribution < -0.4 is 11.1 Å². The summed E-state index contributed by atoms with van der Waals surface area (Å²) in [5.74, 6) is 0.0431. The molecule has 0 radical (unpaired) electrons. The van der Waals surface area contributed by atoms with E-state index in [0.29, 0.717) is 35.7 Å². The average Bonchev–Trinajstić information content (AvgIpc) is 3.56. The van der Waals surface area contributed by atoms with Crippen LogP contribution >= 0.6 is 11.6 Å². The Hall–Kier alpha value is -3.93. The zero-order chi connectivity index (χ0) is 28.4. The summed E-state index contributed by atoms with van der Waals surface area (Å²) in [6.07, 6.45) is 0.935. The number of carbonyl (C=O) groups is 1. The van der Waals surface area contributed by atoms with Crippen molar-refractivity contribution in [2.75, 3.05) is 18.8 Å². The fourth-order valence-corrected chi connectivity index (χ4v) is 4.75. The lowest BCUT2D eigenvalue weighted by molar-refractivity contribution is -0.136. The van der Waals surface area contributed by atoms with Gasteiger partial charge in [-0.15, -0.1) is 11.6 Å². The van der Waals surface area contributed by atoms with E-state index in [1.165, 1.54) is 30.6 Å². The van der Waals surface area contributed by atoms with Crippen molar-refractivity contribution in [2.24, 2.45) is 0 Å². The van der Waals surface area contributed by atoms with Crippen molar-refractivity contribution in [2.45, 2.75) is 30.7 Å². The van der Waals surface area contributed by atoms with Crippen molar-refractivity contribution in [3.8, 4) is 11.3 Å². The lowest BCUT2D eigenvalue weighted by Crippen LogP contribution is -2.26. The molecule has 5 rings (SSSR count). The van der Waals surface area contributed by atoms with Gasteiger partial charge in [-0.05, 0) is 54.5 Å². The van der Waals surface area contributed by atoms with E-state index in [4.69, 9.17) is 21.8 Å². The molecule has 1 amide bonds. The van der Waals surface area contributed by atoms with Gasteiger partial charge in [-0.25, -0.2) is 4.98 Å². The maximum absolute atomic E-state index is 14.0. The number of hydrogen-bond donors (Lipinski definition) is 3. The molecule has 1 saturated heterocycles. The second kappa shape index (κ2) is 11.3. The monoisotopic (exact) mass is 571 g/mol. The minimum atomic E-state index is -4.69. The molecule has 3 aromatic heterocycles. The number of furan rings is 1. The van der Waals surface area contributed by atoms with Crippen LogP contribution in [-0.2, 0) is 17.5 Å². The van der Waals surface area contributed by atoms with Gasteiger partial charge in [-0.2, -0.15) is 13.2 Å². The van der Waals surface area contributed by atoms with E-state index < -0.39 is 23.9 Å². The summed E-state index contributed by atoms with van der Waals surface area (Å²) in [4.78, 5) is 22.3. The lowest BCUT2D eigenvalue weighted by Gasteiger charge is -2.22. The quantitative estimate of drug-likeness (QED) is 0.208. The normalized spacial score (nSPS) is 17.1. The van der Waals surface area contributed by atoms with Gasteiger partial charge < -0.3 is 20.6 Å². The molecule has 4 aromatic rings. The van der Waals surface area contributed by atoms with E-state index >= 15 is 0 Å². The molecule has 2 unspecified atom stereocenters. The summed E-state index contributed by atoms with van der Waals surface area (Å²) >= 11 is 6.12. The van der Waals surface area contributed by atoms with Crippen LogP contribution in [0.25, 0.3) is 28.3 Å². The van der Waals surface area contributed by atoms with Gasteiger partial charge >= 0.3 is 6.18 Å². The largest absolute Gasteiger partial charge is 0.459 e. The predicted molar refractivity (Wildman–Crippen MR) is 145 cm³/mol. The van der Waals surface area contributed by atoms with Gasteiger partial charge in [0.25, 0.3) is 0 Å². The van der Waals surface area contributed by atoms with Crippen molar-refractivity contribution in [1.29, 1.82) is 0 Å². The number of benzene rings is 1. The highest BCUT2D eigenvalue weighted by Crippen LogP contribution is 2.39. The van der Waals surface area contributed by atoms with Gasteiger partial charge in [0, 0.05) is 53.4 Å². The lowest BCUT2D eigenvalue weighted by atomic mass is 10.0. The number of pyridine rings is 2. The molecule has 40 heavy (non-hydrogen) atoms. The Bertz CT molecular complexity index is 1540. The van der Waals surface area contributed by atoms with Crippen LogP contribution in [0.4, 0.5) is 19.0 Å². The highest BCUT2D eigenvalue weighted by molar-refractivity contribution is 6.20. The number of halogens is 4. The first kappa shape index (κ1) is 27.6. The first-order valence-electron chi connectivity index (χ1n) is 12.4. The van der Waals surface area contributed by atoms with Gasteiger partial charge in [0.2, 0.25) is 5.91 Å². The molecule has 1 aromatic carbocycles. The van der Waals surface area contributed by atoms with Gasteiger partial charge in [0.05, 0.1) is 17.8 Å². The Morgan fingerprint density at radius 3 is 2.70 bits per heavy atom. The summed E-state index contributed by atoms with van der Waals surface area (Å²) < 4.78 is 47.4. The van der Waals surface area contributed by atoms with Crippen LogP contribution in [0.1, 0.15) is 35.1 Å². The number of nitrogens with zero attached hydrogens (tertiary/aromatic N) is 3. The average molecular weight is 572 g/mol. The molecule has 1 aliphatic rings. The van der Waals surface area contributed by atoms with E-state index in [-0.39, 0.29) is 34.2 Å². The summed E-state index contributed by atoms with van der Waals surface area (Å²) in [6.45, 7) is 1.06. The first-order valence-corrected chi connectivity index (χ1v) is 12.8. The van der Waals surface area contributed by atoms with Crippen LogP contribution in [0.15, 0.2) is 65.4 Å². The van der Waals surface area contributed by atoms with Crippen molar-refractivity contribution in [1.82, 2.24) is 20.2 Å². The fraction of sp³-hybridized carbons (Fsp3) is 0.250. The molecule has 2 atom stereocenters. The van der Waals surface area contributed by atoms with E-state index in [9.17, 15) is 23.1 Å². The summed E-state index contributed by atoms with van der Waals surface area (Å²) in [7, 11) is 0. The highest BCUT2D eigenvalue weighted by Gasteiger charge is 2.35. The second-order valence-corrected chi connectivity index (χ2v) is 10.1. The van der Waals surface area contributed by atoms with Crippen molar-refractivity contribution in [3.05, 3.63) is 83.4 Å². The number of nitrogens with two attached hydrogens (primary N) is 1. The third kappa shape index (κ3) is 6.27. The maximum Gasteiger partial charge on any atom is 0.420 e. The second-order valence-electron chi connectivity index (χ2n) is 9.45. The number of anilines is 1. The number of hydrogen-bond acceptors (Lipinski definition) is 7. The van der Waals surface area contributed by atoms with E-state index in [1.54, 1.807) is 30.3 Å². The molecular weight excluding hydrogens is 547 g/mol. The number of aromatic nitrogens is 2. The topological polar surface area (TPSA) is 118 Å². The highest BCUT2D eigenvalue weighted by atomic mass is 35.5. The molecule has 4 N–H and O–H groups in total. The molecule has 0 bridgehead atoms. The minimum absolute atomic E-state index is 0.0359. The number of aliphatic hydroxyl groups excluding tert-OH is 1. The van der Waals surface area contributed by atoms with Gasteiger partial charge in [-0.3, -0.25) is 14.7 Å². The summed E-state index contributed by atoms with van der Waals surface area (Å²) in [5, 5.41) is 13.4. The van der Waals surface area contributed by atoms with Crippen LogP contribution in [0.2, 0.25) is 0 Å². The standard InChI is InChI=1S/C28H25ClF3N5O3/c29-20-7-8-37(15-20)27(39)17-3-4-23(34-13-17)18-9-19-10-21(40-26(19)22(11-18)28(30,31)32)14-36-25(38)6-2-16-1-5-24(33)35-12-16/h1-6,9-13,20,27,39H,7-8,14-15H2,(H2,33,35)(H,36,38). The Morgan fingerprint density at radius 2 is 2.05 bits per heavy atom. The fourth-order valence-electron chi connectivity index (χ4n) is 4.48. The first-order chi connectivity index (χ1) is 19.1.